The summed E-state index contributed by atoms with van der Waals surface area (Å²) < 4.78 is 42.2. The molecule has 4 N–H and O–H groups in total. The van der Waals surface area contributed by atoms with Crippen LogP contribution in [-0.4, -0.2) is 79.8 Å². The van der Waals surface area contributed by atoms with Crippen LogP contribution in [-0.2, 0) is 20.4 Å². The highest BCUT2D eigenvalue weighted by atomic mass is 31.2. The van der Waals surface area contributed by atoms with Gasteiger partial charge in [-0.05, 0) is 50.1 Å². The monoisotopic (exact) mass is 629 g/mol. The molecule has 0 spiro atoms. The second-order valence-electron chi connectivity index (χ2n) is 10.1. The molecule has 1 saturated heterocycles. The highest BCUT2D eigenvalue weighted by Gasteiger charge is 2.27. The summed E-state index contributed by atoms with van der Waals surface area (Å²) in [5, 5.41) is 10.8. The van der Waals surface area contributed by atoms with Crippen molar-refractivity contribution < 1.29 is 37.5 Å². The number of carbonyl (C=O) groups excluding carboxylic acids is 1. The first kappa shape index (κ1) is 31.3. The second kappa shape index (κ2) is 14.1. The first-order chi connectivity index (χ1) is 21.2. The zero-order chi connectivity index (χ0) is 31.1. The van der Waals surface area contributed by atoms with E-state index < -0.39 is 13.6 Å². The standard InChI is InChI=1S/C28H33FN7O7P/c1-41-24-14-22-23(15-25(24)42-12-4-10-35-9-3-7-21(35)17-43-44(38,39)40)30-18-31-28(22)33-26-8-11-36(34-26)16-27(37)32-20-6-2-5-19(29)13-20/h2,5-6,8,11,13-15,18,21H,3-4,7,9-10,12,16-17H2,1H3,(H,32,37)(H2,38,39,40)(H,30,31,33,34)/t21-/m0/s1. The van der Waals surface area contributed by atoms with Gasteiger partial charge in [0, 0.05) is 42.0 Å². The molecule has 0 unspecified atom stereocenters. The molecule has 16 heteroatoms. The van der Waals surface area contributed by atoms with Crippen LogP contribution in [0.2, 0.25) is 0 Å². The van der Waals surface area contributed by atoms with Crippen LogP contribution in [0.25, 0.3) is 10.9 Å². The van der Waals surface area contributed by atoms with Gasteiger partial charge in [0.15, 0.2) is 17.3 Å². The molecular weight excluding hydrogens is 596 g/mol. The van der Waals surface area contributed by atoms with Gasteiger partial charge in [0.25, 0.3) is 0 Å². The summed E-state index contributed by atoms with van der Waals surface area (Å²) in [7, 11) is -2.96. The Balaban J connectivity index is 1.18. The van der Waals surface area contributed by atoms with E-state index in [1.165, 1.54) is 36.3 Å². The zero-order valence-corrected chi connectivity index (χ0v) is 24.8. The summed E-state index contributed by atoms with van der Waals surface area (Å²) in [5.41, 5.74) is 0.970. The molecule has 0 radical (unpaired) electrons. The quantitative estimate of drug-likeness (QED) is 0.118. The smallest absolute Gasteiger partial charge is 0.469 e. The maximum absolute atomic E-state index is 13.4. The Morgan fingerprint density at radius 2 is 2.05 bits per heavy atom. The molecule has 2 aromatic heterocycles. The van der Waals surface area contributed by atoms with E-state index in [0.29, 0.717) is 59.3 Å². The maximum atomic E-state index is 13.4. The van der Waals surface area contributed by atoms with E-state index in [2.05, 4.69) is 30.6 Å². The minimum absolute atomic E-state index is 0.00808. The summed E-state index contributed by atoms with van der Waals surface area (Å²) in [6, 6.07) is 10.8. The lowest BCUT2D eigenvalue weighted by Crippen LogP contribution is -2.34. The Kier molecular flexibility index (Phi) is 10.0. The molecule has 0 aliphatic carbocycles. The Hall–Kier alpha value is -4.14. The number of halogens is 1. The zero-order valence-electron chi connectivity index (χ0n) is 23.9. The number of rotatable bonds is 14. The fourth-order valence-electron chi connectivity index (χ4n) is 5.00. The molecule has 0 saturated carbocycles. The van der Waals surface area contributed by atoms with E-state index >= 15 is 0 Å². The van der Waals surface area contributed by atoms with Gasteiger partial charge >= 0.3 is 7.82 Å². The molecule has 234 valence electrons. The van der Waals surface area contributed by atoms with Gasteiger partial charge in [0.2, 0.25) is 5.91 Å². The van der Waals surface area contributed by atoms with E-state index in [9.17, 15) is 13.8 Å². The van der Waals surface area contributed by atoms with E-state index in [0.717, 1.165) is 19.4 Å². The van der Waals surface area contributed by atoms with Crippen molar-refractivity contribution in [2.24, 2.45) is 0 Å². The molecule has 4 aromatic rings. The van der Waals surface area contributed by atoms with E-state index in [4.69, 9.17) is 23.8 Å². The van der Waals surface area contributed by atoms with Gasteiger partial charge in [-0.15, -0.1) is 0 Å². The van der Waals surface area contributed by atoms with Crippen LogP contribution in [0.5, 0.6) is 11.5 Å². The highest BCUT2D eigenvalue weighted by molar-refractivity contribution is 7.46. The fourth-order valence-corrected chi connectivity index (χ4v) is 5.37. The Morgan fingerprint density at radius 3 is 2.84 bits per heavy atom. The number of phosphoric acid groups is 1. The minimum Gasteiger partial charge on any atom is -0.493 e. The predicted octanol–water partition coefficient (Wildman–Crippen LogP) is 3.70. The second-order valence-corrected chi connectivity index (χ2v) is 11.4. The number of aromatic nitrogens is 4. The summed E-state index contributed by atoms with van der Waals surface area (Å²) >= 11 is 0. The van der Waals surface area contributed by atoms with Crippen molar-refractivity contribution in [1.29, 1.82) is 0 Å². The summed E-state index contributed by atoms with van der Waals surface area (Å²) in [4.78, 5) is 41.3. The van der Waals surface area contributed by atoms with Crippen LogP contribution >= 0.6 is 7.82 Å². The number of amides is 1. The number of nitrogens with zero attached hydrogens (tertiary/aromatic N) is 5. The normalized spacial score (nSPS) is 15.4. The van der Waals surface area contributed by atoms with Crippen molar-refractivity contribution in [1.82, 2.24) is 24.6 Å². The lowest BCUT2D eigenvalue weighted by molar-refractivity contribution is -0.116. The topological polar surface area (TPSA) is 173 Å². The van der Waals surface area contributed by atoms with Crippen molar-refractivity contribution in [2.75, 3.05) is 44.0 Å². The minimum atomic E-state index is -4.49. The van der Waals surface area contributed by atoms with Crippen LogP contribution in [0.1, 0.15) is 19.3 Å². The number of likely N-dealkylation sites (tertiary alicyclic amines) is 1. The van der Waals surface area contributed by atoms with Gasteiger partial charge in [-0.2, -0.15) is 5.10 Å². The largest absolute Gasteiger partial charge is 0.493 e. The molecule has 44 heavy (non-hydrogen) atoms. The van der Waals surface area contributed by atoms with Crippen molar-refractivity contribution in [3.63, 3.8) is 0 Å². The molecule has 1 atom stereocenters. The lowest BCUT2D eigenvalue weighted by atomic mass is 10.2. The molecular formula is C28H33FN7O7P. The van der Waals surface area contributed by atoms with E-state index in [1.807, 2.05) is 0 Å². The van der Waals surface area contributed by atoms with Crippen molar-refractivity contribution in [3.05, 3.63) is 60.8 Å². The molecule has 0 bridgehead atoms. The maximum Gasteiger partial charge on any atom is 0.469 e. The average molecular weight is 630 g/mol. The average Bonchev–Trinajstić information content (AvgIpc) is 3.62. The summed E-state index contributed by atoms with van der Waals surface area (Å²) in [6.07, 6.45) is 5.50. The Morgan fingerprint density at radius 1 is 1.18 bits per heavy atom. The molecule has 1 amide bonds. The number of hydrogen-bond donors (Lipinski definition) is 4. The van der Waals surface area contributed by atoms with Gasteiger partial charge in [-0.1, -0.05) is 6.07 Å². The Labute approximate surface area is 252 Å². The SMILES string of the molecule is COc1cc2c(Nc3ccn(CC(=O)Nc4cccc(F)c4)n3)ncnc2cc1OCCCN1CCC[C@H]1COP(=O)(O)O. The number of methoxy groups -OCH3 is 1. The van der Waals surface area contributed by atoms with Crippen LogP contribution in [0.3, 0.4) is 0 Å². The number of ether oxygens (including phenoxy) is 2. The highest BCUT2D eigenvalue weighted by Crippen LogP contribution is 2.37. The van der Waals surface area contributed by atoms with Gasteiger partial charge < -0.3 is 29.9 Å². The third kappa shape index (κ3) is 8.49. The van der Waals surface area contributed by atoms with Crippen LogP contribution in [0.4, 0.5) is 21.7 Å². The number of hydrogen-bond acceptors (Lipinski definition) is 10. The molecule has 5 rings (SSSR count). The third-order valence-corrected chi connectivity index (χ3v) is 7.49. The Bertz CT molecular complexity index is 1650. The number of nitrogens with one attached hydrogen (secondary N) is 2. The first-order valence-corrected chi connectivity index (χ1v) is 15.5. The summed E-state index contributed by atoms with van der Waals surface area (Å²) in [6.45, 7) is 1.84. The first-order valence-electron chi connectivity index (χ1n) is 13.9. The molecule has 2 aromatic carbocycles. The number of benzene rings is 2. The molecule has 14 nitrogen and oxygen atoms in total. The number of anilines is 3. The van der Waals surface area contributed by atoms with E-state index in [-0.39, 0.29) is 25.1 Å². The number of fused-ring (bicyclic) bond motifs is 1. The van der Waals surface area contributed by atoms with Crippen molar-refractivity contribution >= 4 is 42.0 Å². The number of carbonyl (C=O) groups is 1. The molecule has 1 aliphatic heterocycles. The molecule has 1 fully saturated rings. The van der Waals surface area contributed by atoms with Gasteiger partial charge in [0.05, 0.1) is 25.8 Å². The van der Waals surface area contributed by atoms with Crippen LogP contribution in [0.15, 0.2) is 55.0 Å². The van der Waals surface area contributed by atoms with Crippen molar-refractivity contribution in [2.45, 2.75) is 31.8 Å². The third-order valence-electron chi connectivity index (χ3n) is 7.00. The predicted molar refractivity (Wildman–Crippen MR) is 159 cm³/mol. The summed E-state index contributed by atoms with van der Waals surface area (Å²) in [5.74, 6) is 1.14. The molecule has 1 aliphatic rings. The van der Waals surface area contributed by atoms with Gasteiger partial charge in [0.1, 0.15) is 24.5 Å². The molecule has 3 heterocycles. The number of phosphoric ester groups is 1. The van der Waals surface area contributed by atoms with Gasteiger partial charge in [-0.3, -0.25) is 18.9 Å². The lowest BCUT2D eigenvalue weighted by Gasteiger charge is -2.24. The fraction of sp³-hybridized carbons (Fsp3) is 0.357. The van der Waals surface area contributed by atoms with Crippen LogP contribution in [0, 0.1) is 5.82 Å². The van der Waals surface area contributed by atoms with Crippen LogP contribution < -0.4 is 20.1 Å². The van der Waals surface area contributed by atoms with Crippen molar-refractivity contribution in [3.8, 4) is 11.5 Å². The van der Waals surface area contributed by atoms with E-state index in [1.54, 1.807) is 30.5 Å². The van der Waals surface area contributed by atoms with Gasteiger partial charge in [-0.25, -0.2) is 18.9 Å².